The third-order valence-corrected chi connectivity index (χ3v) is 2.55. The Morgan fingerprint density at radius 3 is 2.67 bits per heavy atom. The van der Waals surface area contributed by atoms with Crippen molar-refractivity contribution in [1.29, 1.82) is 0 Å². The quantitative estimate of drug-likeness (QED) is 0.866. The monoisotopic (exact) mass is 243 g/mol. The Labute approximate surface area is 105 Å². The number of aromatic carboxylic acids is 1. The second kappa shape index (κ2) is 4.83. The number of rotatable bonds is 3. The molecule has 0 saturated carbocycles. The van der Waals surface area contributed by atoms with E-state index in [0.29, 0.717) is 11.4 Å². The standard InChI is InChI=1S/C13H13N3O2/c1-8-5-6-14-7-11(8)16-10-4-3-9(2)15-12(10)13(17)18/h3-7,16H,1-2H3,(H,17,18). The average molecular weight is 243 g/mol. The Kier molecular flexibility index (Phi) is 3.23. The molecule has 0 radical (unpaired) electrons. The van der Waals surface area contributed by atoms with Crippen molar-refractivity contribution in [2.24, 2.45) is 0 Å². The third-order valence-electron chi connectivity index (χ3n) is 2.55. The van der Waals surface area contributed by atoms with Crippen LogP contribution in [0.2, 0.25) is 0 Å². The maximum Gasteiger partial charge on any atom is 0.356 e. The zero-order valence-corrected chi connectivity index (χ0v) is 10.1. The molecule has 0 amide bonds. The van der Waals surface area contributed by atoms with Crippen molar-refractivity contribution in [3.8, 4) is 0 Å². The molecular formula is C13H13N3O2. The van der Waals surface area contributed by atoms with Crippen molar-refractivity contribution < 1.29 is 9.90 Å². The summed E-state index contributed by atoms with van der Waals surface area (Å²) in [7, 11) is 0. The summed E-state index contributed by atoms with van der Waals surface area (Å²) >= 11 is 0. The number of carbonyl (C=O) groups is 1. The average Bonchev–Trinajstić information content (AvgIpc) is 2.34. The van der Waals surface area contributed by atoms with Crippen LogP contribution in [0.25, 0.3) is 0 Å². The predicted molar refractivity (Wildman–Crippen MR) is 68.2 cm³/mol. The van der Waals surface area contributed by atoms with Crippen molar-refractivity contribution in [1.82, 2.24) is 9.97 Å². The van der Waals surface area contributed by atoms with Gasteiger partial charge in [-0.25, -0.2) is 9.78 Å². The fourth-order valence-electron chi connectivity index (χ4n) is 1.56. The van der Waals surface area contributed by atoms with Gasteiger partial charge in [0.25, 0.3) is 0 Å². The topological polar surface area (TPSA) is 75.1 Å². The lowest BCUT2D eigenvalue weighted by molar-refractivity contribution is 0.0691. The first kappa shape index (κ1) is 12.0. The Hall–Kier alpha value is -2.43. The fourth-order valence-corrected chi connectivity index (χ4v) is 1.56. The van der Waals surface area contributed by atoms with Crippen molar-refractivity contribution in [3.63, 3.8) is 0 Å². The van der Waals surface area contributed by atoms with Crippen LogP contribution in [0, 0.1) is 13.8 Å². The van der Waals surface area contributed by atoms with Gasteiger partial charge in [0.2, 0.25) is 0 Å². The number of hydrogen-bond donors (Lipinski definition) is 2. The first-order chi connectivity index (χ1) is 8.58. The minimum atomic E-state index is -1.05. The van der Waals surface area contributed by atoms with Gasteiger partial charge in [-0.3, -0.25) is 4.98 Å². The maximum absolute atomic E-state index is 11.1. The van der Waals surface area contributed by atoms with E-state index in [0.717, 1.165) is 11.3 Å². The van der Waals surface area contributed by atoms with E-state index < -0.39 is 5.97 Å². The Morgan fingerprint density at radius 2 is 2.00 bits per heavy atom. The van der Waals surface area contributed by atoms with E-state index in [-0.39, 0.29) is 5.69 Å². The zero-order chi connectivity index (χ0) is 13.1. The van der Waals surface area contributed by atoms with Crippen LogP contribution in [0.5, 0.6) is 0 Å². The molecule has 2 aromatic rings. The fraction of sp³-hybridized carbons (Fsp3) is 0.154. The first-order valence-electron chi connectivity index (χ1n) is 5.46. The second-order valence-corrected chi connectivity index (χ2v) is 3.97. The minimum Gasteiger partial charge on any atom is -0.476 e. The zero-order valence-electron chi connectivity index (χ0n) is 10.1. The van der Waals surface area contributed by atoms with Gasteiger partial charge in [0.15, 0.2) is 5.69 Å². The molecule has 0 aliphatic carbocycles. The molecule has 18 heavy (non-hydrogen) atoms. The Balaban J connectivity index is 2.41. The molecule has 0 aliphatic heterocycles. The van der Waals surface area contributed by atoms with Crippen LogP contribution in [0.1, 0.15) is 21.7 Å². The molecule has 5 heteroatoms. The van der Waals surface area contributed by atoms with Crippen LogP contribution in [-0.2, 0) is 0 Å². The van der Waals surface area contributed by atoms with Crippen molar-refractivity contribution >= 4 is 17.3 Å². The normalized spacial score (nSPS) is 10.1. The minimum absolute atomic E-state index is 0.0123. The highest BCUT2D eigenvalue weighted by molar-refractivity contribution is 5.93. The van der Waals surface area contributed by atoms with E-state index in [1.807, 2.05) is 13.0 Å². The molecule has 0 aromatic carbocycles. The van der Waals surface area contributed by atoms with Crippen LogP contribution >= 0.6 is 0 Å². The molecule has 0 bridgehead atoms. The lowest BCUT2D eigenvalue weighted by atomic mass is 10.2. The van der Waals surface area contributed by atoms with Gasteiger partial charge < -0.3 is 10.4 Å². The van der Waals surface area contributed by atoms with E-state index in [1.165, 1.54) is 0 Å². The molecule has 0 atom stereocenters. The largest absolute Gasteiger partial charge is 0.476 e. The number of nitrogens with zero attached hydrogens (tertiary/aromatic N) is 2. The van der Waals surface area contributed by atoms with E-state index in [4.69, 9.17) is 5.11 Å². The number of nitrogens with one attached hydrogen (secondary N) is 1. The SMILES string of the molecule is Cc1ccc(Nc2cnccc2C)c(C(=O)O)n1. The molecule has 2 rings (SSSR count). The molecule has 2 N–H and O–H groups in total. The first-order valence-corrected chi connectivity index (χ1v) is 5.46. The number of carboxylic acids is 1. The van der Waals surface area contributed by atoms with Gasteiger partial charge >= 0.3 is 5.97 Å². The van der Waals surface area contributed by atoms with E-state index in [1.54, 1.807) is 31.5 Å². The van der Waals surface area contributed by atoms with Gasteiger partial charge in [-0.15, -0.1) is 0 Å². The molecule has 0 saturated heterocycles. The summed E-state index contributed by atoms with van der Waals surface area (Å²) in [6.07, 6.45) is 3.34. The molecule has 0 unspecified atom stereocenters. The smallest absolute Gasteiger partial charge is 0.356 e. The number of aryl methyl sites for hydroxylation is 2. The molecule has 2 aromatic heterocycles. The molecule has 5 nitrogen and oxygen atoms in total. The Bertz CT molecular complexity index is 597. The number of carboxylic acid groups (broad SMARTS) is 1. The van der Waals surface area contributed by atoms with Gasteiger partial charge in [0.05, 0.1) is 17.6 Å². The predicted octanol–water partition coefficient (Wildman–Crippen LogP) is 2.54. The molecular weight excluding hydrogens is 230 g/mol. The summed E-state index contributed by atoms with van der Waals surface area (Å²) in [6.45, 7) is 3.68. The van der Waals surface area contributed by atoms with Crippen LogP contribution < -0.4 is 5.32 Å². The second-order valence-electron chi connectivity index (χ2n) is 3.97. The number of hydrogen-bond acceptors (Lipinski definition) is 4. The van der Waals surface area contributed by atoms with Crippen LogP contribution in [0.3, 0.4) is 0 Å². The summed E-state index contributed by atoms with van der Waals surface area (Å²) in [6, 6.07) is 5.32. The molecule has 2 heterocycles. The van der Waals surface area contributed by atoms with Gasteiger partial charge in [0, 0.05) is 11.9 Å². The summed E-state index contributed by atoms with van der Waals surface area (Å²) in [4.78, 5) is 19.2. The van der Waals surface area contributed by atoms with E-state index >= 15 is 0 Å². The third kappa shape index (κ3) is 2.45. The van der Waals surface area contributed by atoms with E-state index in [9.17, 15) is 4.79 Å². The van der Waals surface area contributed by atoms with Gasteiger partial charge in [0.1, 0.15) is 0 Å². The Morgan fingerprint density at radius 1 is 1.22 bits per heavy atom. The van der Waals surface area contributed by atoms with Crippen LogP contribution in [0.15, 0.2) is 30.6 Å². The van der Waals surface area contributed by atoms with Crippen LogP contribution in [-0.4, -0.2) is 21.0 Å². The van der Waals surface area contributed by atoms with Crippen molar-refractivity contribution in [2.45, 2.75) is 13.8 Å². The maximum atomic E-state index is 11.1. The highest BCUT2D eigenvalue weighted by Gasteiger charge is 2.12. The van der Waals surface area contributed by atoms with Crippen LogP contribution in [0.4, 0.5) is 11.4 Å². The summed E-state index contributed by atoms with van der Waals surface area (Å²) < 4.78 is 0. The van der Waals surface area contributed by atoms with Crippen molar-refractivity contribution in [3.05, 3.63) is 47.5 Å². The van der Waals surface area contributed by atoms with Crippen molar-refractivity contribution in [2.75, 3.05) is 5.32 Å². The van der Waals surface area contributed by atoms with Gasteiger partial charge in [-0.2, -0.15) is 0 Å². The lowest BCUT2D eigenvalue weighted by Crippen LogP contribution is -2.07. The molecule has 0 fully saturated rings. The lowest BCUT2D eigenvalue weighted by Gasteiger charge is -2.11. The molecule has 0 aliphatic rings. The summed E-state index contributed by atoms with van der Waals surface area (Å²) in [5.74, 6) is -1.05. The van der Waals surface area contributed by atoms with E-state index in [2.05, 4.69) is 15.3 Å². The highest BCUT2D eigenvalue weighted by Crippen LogP contribution is 2.21. The molecule has 92 valence electrons. The summed E-state index contributed by atoms with van der Waals surface area (Å²) in [5.41, 5.74) is 2.90. The number of aromatic nitrogens is 2. The summed E-state index contributed by atoms with van der Waals surface area (Å²) in [5, 5.41) is 12.2. The highest BCUT2D eigenvalue weighted by atomic mass is 16.4. The van der Waals surface area contributed by atoms with Gasteiger partial charge in [-0.05, 0) is 37.6 Å². The van der Waals surface area contributed by atoms with Gasteiger partial charge in [-0.1, -0.05) is 0 Å². The number of pyridine rings is 2. The number of anilines is 2. The molecule has 0 spiro atoms.